The third-order valence-electron chi connectivity index (χ3n) is 1.23. The van der Waals surface area contributed by atoms with Gasteiger partial charge in [-0.1, -0.05) is 6.08 Å². The van der Waals surface area contributed by atoms with Crippen molar-refractivity contribution < 1.29 is 4.79 Å². The van der Waals surface area contributed by atoms with Crippen LogP contribution in [-0.2, 0) is 4.79 Å². The highest BCUT2D eigenvalue weighted by Crippen LogP contribution is 2.07. The molecular weight excluding hydrogens is 114 g/mol. The Balaban J connectivity index is 2.47. The molecule has 0 bridgehead atoms. The van der Waals surface area contributed by atoms with E-state index >= 15 is 0 Å². The second-order valence-corrected chi connectivity index (χ2v) is 1.96. The van der Waals surface area contributed by atoms with Crippen molar-refractivity contribution in [3.05, 3.63) is 11.8 Å². The summed E-state index contributed by atoms with van der Waals surface area (Å²) in [6, 6.07) is 0. The molecule has 0 unspecified atom stereocenters. The van der Waals surface area contributed by atoms with E-state index in [0.717, 1.165) is 24.8 Å². The van der Waals surface area contributed by atoms with E-state index in [1.54, 1.807) is 0 Å². The van der Waals surface area contributed by atoms with E-state index < -0.39 is 0 Å². The molecule has 1 heterocycles. The normalized spacial score (nSPS) is 17.1. The number of carbonyl (C=O) groups excluding carboxylic acids is 1. The van der Waals surface area contributed by atoms with Crippen LogP contribution in [0.3, 0.4) is 0 Å². The Morgan fingerprint density at radius 3 is 3.11 bits per heavy atom. The lowest BCUT2D eigenvalue weighted by Crippen LogP contribution is -1.88. The second kappa shape index (κ2) is 3.17. The van der Waals surface area contributed by atoms with Crippen molar-refractivity contribution in [2.75, 3.05) is 0 Å². The zero-order valence-electron chi connectivity index (χ0n) is 5.21. The minimum absolute atomic E-state index is 0.469. The number of rotatable bonds is 2. The minimum atomic E-state index is 0.469. The van der Waals surface area contributed by atoms with Crippen molar-refractivity contribution in [1.82, 2.24) is 0 Å². The largest absolute Gasteiger partial charge is 0.303 e. The van der Waals surface area contributed by atoms with Gasteiger partial charge in [-0.3, -0.25) is 4.99 Å². The zero-order chi connectivity index (χ0) is 6.53. The Bertz CT molecular complexity index is 158. The number of hydrogen-bond donors (Lipinski definition) is 0. The fraction of sp³-hybridized carbons (Fsp3) is 0.429. The van der Waals surface area contributed by atoms with Gasteiger partial charge >= 0.3 is 0 Å². The van der Waals surface area contributed by atoms with Crippen molar-refractivity contribution in [1.29, 1.82) is 0 Å². The molecule has 0 atom stereocenters. The lowest BCUT2D eigenvalue weighted by molar-refractivity contribution is -0.107. The number of nitrogens with zero attached hydrogens (tertiary/aromatic N) is 1. The zero-order valence-corrected chi connectivity index (χ0v) is 5.21. The van der Waals surface area contributed by atoms with Crippen molar-refractivity contribution in [2.24, 2.45) is 4.99 Å². The van der Waals surface area contributed by atoms with Gasteiger partial charge in [0.1, 0.15) is 6.29 Å². The van der Waals surface area contributed by atoms with Crippen molar-refractivity contribution in [3.63, 3.8) is 0 Å². The molecule has 0 saturated heterocycles. The SMILES string of the molecule is O=CCC1=CCCC=N1. The second-order valence-electron chi connectivity index (χ2n) is 1.96. The highest BCUT2D eigenvalue weighted by atomic mass is 16.1. The summed E-state index contributed by atoms with van der Waals surface area (Å²) >= 11 is 0. The van der Waals surface area contributed by atoms with Crippen molar-refractivity contribution in [2.45, 2.75) is 19.3 Å². The maximum absolute atomic E-state index is 9.96. The molecule has 0 aromatic heterocycles. The van der Waals surface area contributed by atoms with Gasteiger partial charge in [0, 0.05) is 18.3 Å². The monoisotopic (exact) mass is 123 g/mol. The lowest BCUT2D eigenvalue weighted by Gasteiger charge is -1.99. The first-order chi connectivity index (χ1) is 4.43. The van der Waals surface area contributed by atoms with Crippen LogP contribution in [0.25, 0.3) is 0 Å². The van der Waals surface area contributed by atoms with Crippen LogP contribution in [0.5, 0.6) is 0 Å². The molecule has 0 saturated carbocycles. The molecule has 2 heteroatoms. The summed E-state index contributed by atoms with van der Waals surface area (Å²) in [5, 5.41) is 0. The Morgan fingerprint density at radius 1 is 1.67 bits per heavy atom. The predicted octanol–water partition coefficient (Wildman–Crippen LogP) is 1.32. The highest BCUT2D eigenvalue weighted by Gasteiger charge is 1.95. The summed E-state index contributed by atoms with van der Waals surface area (Å²) < 4.78 is 0. The number of aliphatic imine (C=N–C) groups is 1. The summed E-state index contributed by atoms with van der Waals surface area (Å²) in [5.74, 6) is 0. The van der Waals surface area contributed by atoms with E-state index in [2.05, 4.69) is 4.99 Å². The molecular formula is C7H9NO. The first kappa shape index (κ1) is 6.20. The van der Waals surface area contributed by atoms with E-state index in [4.69, 9.17) is 0 Å². The van der Waals surface area contributed by atoms with E-state index in [9.17, 15) is 4.79 Å². The van der Waals surface area contributed by atoms with Gasteiger partial charge in [-0.15, -0.1) is 0 Å². The van der Waals surface area contributed by atoms with E-state index in [0.29, 0.717) is 6.42 Å². The molecule has 0 aromatic rings. The Hall–Kier alpha value is -0.920. The van der Waals surface area contributed by atoms with Gasteiger partial charge in [-0.25, -0.2) is 0 Å². The molecule has 0 amide bonds. The lowest BCUT2D eigenvalue weighted by atomic mass is 10.2. The van der Waals surface area contributed by atoms with Crippen LogP contribution in [-0.4, -0.2) is 12.5 Å². The average Bonchev–Trinajstić information content (AvgIpc) is 1.91. The third kappa shape index (κ3) is 1.80. The number of carbonyl (C=O) groups is 1. The highest BCUT2D eigenvalue weighted by molar-refractivity contribution is 5.63. The van der Waals surface area contributed by atoms with Gasteiger partial charge in [-0.2, -0.15) is 0 Å². The molecule has 0 N–H and O–H groups in total. The molecule has 1 aliphatic heterocycles. The van der Waals surface area contributed by atoms with Crippen LogP contribution >= 0.6 is 0 Å². The van der Waals surface area contributed by atoms with E-state index in [-0.39, 0.29) is 0 Å². The summed E-state index contributed by atoms with van der Waals surface area (Å²) in [4.78, 5) is 14.0. The molecule has 0 radical (unpaired) electrons. The summed E-state index contributed by atoms with van der Waals surface area (Å²) in [6.45, 7) is 0. The van der Waals surface area contributed by atoms with E-state index in [1.807, 2.05) is 12.3 Å². The van der Waals surface area contributed by atoms with Gasteiger partial charge < -0.3 is 4.79 Å². The number of allylic oxidation sites excluding steroid dienone is 2. The standard InChI is InChI=1S/C7H9NO/c9-6-4-7-3-1-2-5-8-7/h3,5-6H,1-2,4H2. The third-order valence-corrected chi connectivity index (χ3v) is 1.23. The van der Waals surface area contributed by atoms with Crippen LogP contribution in [0.2, 0.25) is 0 Å². The first-order valence-corrected chi connectivity index (χ1v) is 3.08. The fourth-order valence-corrected chi connectivity index (χ4v) is 0.780. The molecule has 9 heavy (non-hydrogen) atoms. The molecule has 2 nitrogen and oxygen atoms in total. The minimum Gasteiger partial charge on any atom is -0.303 e. The van der Waals surface area contributed by atoms with Gasteiger partial charge in [-0.05, 0) is 12.8 Å². The topological polar surface area (TPSA) is 29.4 Å². The van der Waals surface area contributed by atoms with Gasteiger partial charge in [0.2, 0.25) is 0 Å². The number of hydrogen-bond acceptors (Lipinski definition) is 2. The summed E-state index contributed by atoms with van der Waals surface area (Å²) in [7, 11) is 0. The van der Waals surface area contributed by atoms with Gasteiger partial charge in [0.05, 0.1) is 0 Å². The Kier molecular flexibility index (Phi) is 2.19. The molecule has 0 aliphatic carbocycles. The summed E-state index contributed by atoms with van der Waals surface area (Å²) in [6.07, 6.45) is 7.27. The van der Waals surface area contributed by atoms with Crippen molar-refractivity contribution in [3.8, 4) is 0 Å². The quantitative estimate of drug-likeness (QED) is 0.509. The Morgan fingerprint density at radius 2 is 2.56 bits per heavy atom. The molecule has 48 valence electrons. The first-order valence-electron chi connectivity index (χ1n) is 3.08. The van der Waals surface area contributed by atoms with Crippen molar-refractivity contribution >= 4 is 12.5 Å². The summed E-state index contributed by atoms with van der Waals surface area (Å²) in [5.41, 5.74) is 0.913. The van der Waals surface area contributed by atoms with Crippen LogP contribution in [0.1, 0.15) is 19.3 Å². The van der Waals surface area contributed by atoms with E-state index in [1.165, 1.54) is 0 Å². The molecule has 0 aromatic carbocycles. The van der Waals surface area contributed by atoms with Gasteiger partial charge in [0.25, 0.3) is 0 Å². The number of aldehydes is 1. The van der Waals surface area contributed by atoms with Gasteiger partial charge in [0.15, 0.2) is 0 Å². The Labute approximate surface area is 54.3 Å². The maximum atomic E-state index is 9.96. The molecule has 1 aliphatic rings. The van der Waals surface area contributed by atoms with Crippen LogP contribution in [0, 0.1) is 0 Å². The fourth-order valence-electron chi connectivity index (χ4n) is 0.780. The van der Waals surface area contributed by atoms with Crippen LogP contribution in [0.4, 0.5) is 0 Å². The predicted molar refractivity (Wildman–Crippen MR) is 36.5 cm³/mol. The molecule has 1 rings (SSSR count). The molecule has 0 fully saturated rings. The molecule has 0 spiro atoms. The maximum Gasteiger partial charge on any atom is 0.125 e. The smallest absolute Gasteiger partial charge is 0.125 e. The average molecular weight is 123 g/mol. The van der Waals surface area contributed by atoms with Crippen LogP contribution < -0.4 is 0 Å². The van der Waals surface area contributed by atoms with Crippen LogP contribution in [0.15, 0.2) is 16.8 Å².